The van der Waals surface area contributed by atoms with E-state index >= 15 is 0 Å². The number of carbonyl (C=O) groups is 2. The summed E-state index contributed by atoms with van der Waals surface area (Å²) in [6.07, 6.45) is 0. The zero-order valence-electron chi connectivity index (χ0n) is 20.3. The summed E-state index contributed by atoms with van der Waals surface area (Å²) in [6.45, 7) is 4.36. The molecule has 0 radical (unpaired) electrons. The van der Waals surface area contributed by atoms with Crippen molar-refractivity contribution in [3.05, 3.63) is 67.9 Å². The molecule has 3 N–H and O–H groups in total. The highest BCUT2D eigenvalue weighted by Crippen LogP contribution is 2.43. The topological polar surface area (TPSA) is 147 Å². The lowest BCUT2D eigenvalue weighted by atomic mass is 9.79. The van der Waals surface area contributed by atoms with Crippen molar-refractivity contribution in [2.24, 2.45) is 5.41 Å². The fourth-order valence-electron chi connectivity index (χ4n) is 4.07. The zero-order chi connectivity index (χ0) is 26.2. The lowest BCUT2D eigenvalue weighted by molar-refractivity contribution is -0.141. The van der Waals surface area contributed by atoms with E-state index in [-0.39, 0.29) is 34.6 Å². The second-order valence-corrected chi connectivity index (χ2v) is 9.14. The smallest absolute Gasteiger partial charge is 0.325 e. The van der Waals surface area contributed by atoms with Gasteiger partial charge in [-0.25, -0.2) is 0 Å². The number of methoxy groups -OCH3 is 1. The number of nitrogens with zero attached hydrogens (tertiary/aromatic N) is 1. The number of likely N-dealkylation sites (N-methyl/N-ethyl adjacent to an activating group) is 1. The van der Waals surface area contributed by atoms with Crippen molar-refractivity contribution < 1.29 is 28.6 Å². The van der Waals surface area contributed by atoms with Gasteiger partial charge >= 0.3 is 5.97 Å². The van der Waals surface area contributed by atoms with Gasteiger partial charge in [0.25, 0.3) is 16.8 Å². The van der Waals surface area contributed by atoms with Gasteiger partial charge in [-0.05, 0) is 31.2 Å². The van der Waals surface area contributed by atoms with E-state index in [9.17, 15) is 24.3 Å². The highest BCUT2D eigenvalue weighted by molar-refractivity contribution is 6.00. The molecule has 1 aromatic heterocycles. The number of aromatic hydroxyl groups is 1. The maximum atomic E-state index is 12.7. The number of benzene rings is 1. The van der Waals surface area contributed by atoms with E-state index in [1.807, 2.05) is 19.9 Å². The molecular formula is C25H27N3O8. The lowest BCUT2D eigenvalue weighted by Crippen LogP contribution is -2.49. The van der Waals surface area contributed by atoms with E-state index < -0.39 is 34.5 Å². The first-order chi connectivity index (χ1) is 17.1. The van der Waals surface area contributed by atoms with Crippen LogP contribution < -0.4 is 21.5 Å². The molecule has 1 fully saturated rings. The molecule has 0 aliphatic carbocycles. The number of carbonyl (C=O) groups excluding carboxylic acids is 2. The van der Waals surface area contributed by atoms with E-state index in [2.05, 4.69) is 15.4 Å². The third kappa shape index (κ3) is 4.44. The number of anilines is 3. The van der Waals surface area contributed by atoms with Crippen LogP contribution in [0.3, 0.4) is 0 Å². The van der Waals surface area contributed by atoms with Crippen molar-refractivity contribution in [3.63, 3.8) is 0 Å². The van der Waals surface area contributed by atoms with E-state index in [1.165, 1.54) is 32.4 Å². The van der Waals surface area contributed by atoms with E-state index in [4.69, 9.17) is 9.15 Å². The number of para-hydroxylation sites is 1. The van der Waals surface area contributed by atoms with Gasteiger partial charge in [-0.15, -0.1) is 0 Å². The summed E-state index contributed by atoms with van der Waals surface area (Å²) in [5, 5.41) is 16.7. The van der Waals surface area contributed by atoms with Gasteiger partial charge in [-0.1, -0.05) is 13.0 Å². The number of amides is 1. The molecule has 1 aliphatic heterocycles. The standard InChI is InChI=1S/C25H27N3O8/c1-13-8-9-16(36-13)23(25(2)11-35-12-25)27-19-18(21(31)22(19)32)26-15-7-5-6-14(20(15)30)24(33)28(3)10-17(29)34-4/h5-9,23,26-27,30H,10-12H2,1-4H3/t23-/m0/s1. The van der Waals surface area contributed by atoms with Gasteiger partial charge < -0.3 is 34.5 Å². The maximum absolute atomic E-state index is 12.7. The largest absolute Gasteiger partial charge is 0.505 e. The molecule has 0 unspecified atom stereocenters. The Balaban J connectivity index is 1.61. The Labute approximate surface area is 206 Å². The Hall–Kier alpha value is -4.12. The van der Waals surface area contributed by atoms with Crippen molar-refractivity contribution >= 4 is 28.9 Å². The van der Waals surface area contributed by atoms with Crippen LogP contribution in [0.1, 0.15) is 34.8 Å². The number of aryl methyl sites for hydroxylation is 1. The summed E-state index contributed by atoms with van der Waals surface area (Å²) < 4.78 is 15.8. The van der Waals surface area contributed by atoms with Crippen LogP contribution in [0.2, 0.25) is 0 Å². The molecule has 0 bridgehead atoms. The number of phenolic OH excluding ortho intramolecular Hbond substituents is 1. The van der Waals surface area contributed by atoms with Gasteiger partial charge in [0.1, 0.15) is 29.4 Å². The van der Waals surface area contributed by atoms with Crippen LogP contribution in [0.15, 0.2) is 44.3 Å². The Morgan fingerprint density at radius 3 is 2.44 bits per heavy atom. The second-order valence-electron chi connectivity index (χ2n) is 9.14. The molecule has 1 saturated heterocycles. The van der Waals surface area contributed by atoms with Crippen molar-refractivity contribution in [3.8, 4) is 5.75 Å². The predicted molar refractivity (Wildman–Crippen MR) is 130 cm³/mol. The van der Waals surface area contributed by atoms with Gasteiger partial charge in [0, 0.05) is 12.5 Å². The molecule has 11 nitrogen and oxygen atoms in total. The number of nitrogens with one attached hydrogen (secondary N) is 2. The quantitative estimate of drug-likeness (QED) is 0.228. The fraction of sp³-hybridized carbons (Fsp3) is 0.360. The third-order valence-electron chi connectivity index (χ3n) is 6.27. The molecule has 0 spiro atoms. The maximum Gasteiger partial charge on any atom is 0.325 e. The van der Waals surface area contributed by atoms with Gasteiger partial charge in [0.05, 0.1) is 37.6 Å². The lowest BCUT2D eigenvalue weighted by Gasteiger charge is -2.44. The van der Waals surface area contributed by atoms with Crippen LogP contribution in [0, 0.1) is 12.3 Å². The van der Waals surface area contributed by atoms with Gasteiger partial charge in [-0.2, -0.15) is 0 Å². The number of rotatable bonds is 9. The first-order valence-electron chi connectivity index (χ1n) is 11.2. The minimum Gasteiger partial charge on any atom is -0.505 e. The minimum atomic E-state index is -0.763. The number of hydrogen-bond acceptors (Lipinski definition) is 10. The Kier molecular flexibility index (Phi) is 6.59. The van der Waals surface area contributed by atoms with Gasteiger partial charge in [0.2, 0.25) is 0 Å². The Morgan fingerprint density at radius 2 is 1.86 bits per heavy atom. The predicted octanol–water partition coefficient (Wildman–Crippen LogP) is 2.07. The van der Waals surface area contributed by atoms with E-state index in [0.717, 1.165) is 4.90 Å². The van der Waals surface area contributed by atoms with Crippen LogP contribution in [0.4, 0.5) is 17.1 Å². The summed E-state index contributed by atoms with van der Waals surface area (Å²) in [5.74, 6) is -0.383. The Bertz CT molecular complexity index is 1380. The summed E-state index contributed by atoms with van der Waals surface area (Å²) in [4.78, 5) is 50.3. The summed E-state index contributed by atoms with van der Waals surface area (Å²) in [5.41, 5.74) is -1.89. The number of phenols is 1. The first-order valence-corrected chi connectivity index (χ1v) is 11.2. The van der Waals surface area contributed by atoms with Crippen LogP contribution in [0.5, 0.6) is 5.75 Å². The third-order valence-corrected chi connectivity index (χ3v) is 6.27. The molecule has 4 rings (SSSR count). The van der Waals surface area contributed by atoms with E-state index in [0.29, 0.717) is 24.7 Å². The van der Waals surface area contributed by atoms with Crippen LogP contribution in [-0.4, -0.2) is 55.8 Å². The molecule has 2 aromatic carbocycles. The van der Waals surface area contributed by atoms with Crippen LogP contribution in [-0.2, 0) is 14.3 Å². The molecule has 2 heterocycles. The van der Waals surface area contributed by atoms with Gasteiger partial charge in [-0.3, -0.25) is 19.2 Å². The average Bonchev–Trinajstić information content (AvgIpc) is 3.27. The number of hydrogen-bond donors (Lipinski definition) is 3. The van der Waals surface area contributed by atoms with E-state index in [1.54, 1.807) is 6.07 Å². The molecule has 190 valence electrons. The van der Waals surface area contributed by atoms with Crippen molar-refractivity contribution in [2.75, 3.05) is 44.5 Å². The highest BCUT2D eigenvalue weighted by atomic mass is 16.5. The molecule has 0 saturated carbocycles. The Morgan fingerprint density at radius 1 is 1.17 bits per heavy atom. The highest BCUT2D eigenvalue weighted by Gasteiger charge is 2.45. The van der Waals surface area contributed by atoms with Crippen molar-refractivity contribution in [1.29, 1.82) is 0 Å². The fourth-order valence-corrected chi connectivity index (χ4v) is 4.07. The number of ether oxygens (including phenoxy) is 2. The number of esters is 1. The molecular weight excluding hydrogens is 470 g/mol. The average molecular weight is 498 g/mol. The van der Waals surface area contributed by atoms with Crippen molar-refractivity contribution in [2.45, 2.75) is 19.9 Å². The summed E-state index contributed by atoms with van der Waals surface area (Å²) >= 11 is 0. The van der Waals surface area contributed by atoms with Crippen molar-refractivity contribution in [1.82, 2.24) is 4.90 Å². The SMILES string of the molecule is COC(=O)CN(C)C(=O)c1cccc(Nc2c(N[C@@H](c3ccc(C)o3)C3(C)COC3)c(=O)c2=O)c1O. The van der Waals surface area contributed by atoms with Crippen LogP contribution >= 0.6 is 0 Å². The monoisotopic (exact) mass is 497 g/mol. The molecule has 36 heavy (non-hydrogen) atoms. The normalized spacial score (nSPS) is 15.1. The van der Waals surface area contributed by atoms with Crippen LogP contribution in [0.25, 0.3) is 0 Å². The zero-order valence-corrected chi connectivity index (χ0v) is 20.3. The first kappa shape index (κ1) is 25.0. The molecule has 3 aromatic rings. The van der Waals surface area contributed by atoms with Gasteiger partial charge in [0.15, 0.2) is 5.75 Å². The summed E-state index contributed by atoms with van der Waals surface area (Å²) in [7, 11) is 2.59. The second kappa shape index (κ2) is 9.50. The molecule has 11 heteroatoms. The minimum absolute atomic E-state index is 0.0417. The summed E-state index contributed by atoms with van der Waals surface area (Å²) in [6, 6.07) is 7.51. The molecule has 1 atom stereocenters. The molecule has 1 amide bonds. The number of furan rings is 1. The molecule has 1 aliphatic rings.